The monoisotopic (exact) mass is 606 g/mol. The first-order valence-electron chi connectivity index (χ1n) is 15.0. The number of carbonyl (C=O) groups excluding carboxylic acids is 2. The number of nitrogens with zero attached hydrogens (tertiary/aromatic N) is 2. The van der Waals surface area contributed by atoms with Crippen LogP contribution in [-0.2, 0) is 6.54 Å². The summed E-state index contributed by atoms with van der Waals surface area (Å²) in [4.78, 5) is 35.5. The molecule has 5 rings (SSSR count). The second kappa shape index (κ2) is 16.1. The summed E-state index contributed by atoms with van der Waals surface area (Å²) in [5, 5.41) is 2.83. The number of halogens is 1. The lowest BCUT2D eigenvalue weighted by Gasteiger charge is -2.21. The highest BCUT2D eigenvalue weighted by Crippen LogP contribution is 2.32. The lowest BCUT2D eigenvalue weighted by Crippen LogP contribution is -2.33. The van der Waals surface area contributed by atoms with Crippen molar-refractivity contribution >= 4 is 34.6 Å². The number of benzene rings is 3. The molecule has 0 aliphatic carbocycles. The van der Waals surface area contributed by atoms with Crippen LogP contribution in [0.25, 0.3) is 22.2 Å². The molecule has 0 saturated heterocycles. The van der Waals surface area contributed by atoms with E-state index < -0.39 is 0 Å². The van der Waals surface area contributed by atoms with Crippen LogP contribution in [0, 0.1) is 12.7 Å². The summed E-state index contributed by atoms with van der Waals surface area (Å²) in [6.07, 6.45) is 3.91. The van der Waals surface area contributed by atoms with E-state index in [0.29, 0.717) is 47.8 Å². The molecule has 0 saturated carbocycles. The van der Waals surface area contributed by atoms with Gasteiger partial charge >= 0.3 is 0 Å². The maximum absolute atomic E-state index is 14.7. The van der Waals surface area contributed by atoms with E-state index in [1.54, 1.807) is 24.0 Å². The van der Waals surface area contributed by atoms with Gasteiger partial charge in [-0.2, -0.15) is 0 Å². The van der Waals surface area contributed by atoms with Crippen LogP contribution in [0.2, 0.25) is 0 Å². The molecule has 2 N–H and O–H groups in total. The van der Waals surface area contributed by atoms with Gasteiger partial charge in [0.2, 0.25) is 0 Å². The fraction of sp³-hybridized carbons (Fsp3) is 0.382. The quantitative estimate of drug-likeness (QED) is 0.217. The molecule has 1 aliphatic heterocycles. The zero-order valence-electron chi connectivity index (χ0n) is 26.3. The minimum Gasteiger partial charge on any atom is -0.491 e. The summed E-state index contributed by atoms with van der Waals surface area (Å²) in [6.45, 7) is 13.6. The molecule has 0 spiro atoms. The molecule has 0 radical (unpaired) electrons. The van der Waals surface area contributed by atoms with E-state index in [1.807, 2.05) is 63.4 Å². The van der Waals surface area contributed by atoms with Crippen LogP contribution in [0.15, 0.2) is 53.4 Å². The molecule has 230 valence electrons. The first-order valence-corrected chi connectivity index (χ1v) is 16.2. The predicted octanol–water partition coefficient (Wildman–Crippen LogP) is 8.02. The molecule has 2 heterocycles. The number of thioether (sulfide) groups is 1. The Morgan fingerprint density at radius 1 is 1.07 bits per heavy atom. The fourth-order valence-electron chi connectivity index (χ4n) is 4.59. The molecular weight excluding hydrogens is 563 g/mol. The predicted molar refractivity (Wildman–Crippen MR) is 175 cm³/mol. The van der Waals surface area contributed by atoms with Gasteiger partial charge in [-0.25, -0.2) is 9.37 Å². The smallest absolute Gasteiger partial charge is 0.287 e. The Morgan fingerprint density at radius 2 is 1.77 bits per heavy atom. The number of nitrogens with one attached hydrogen (secondary N) is 2. The van der Waals surface area contributed by atoms with Crippen molar-refractivity contribution < 1.29 is 18.7 Å². The van der Waals surface area contributed by atoms with Gasteiger partial charge < -0.3 is 19.9 Å². The minimum absolute atomic E-state index is 0.219. The summed E-state index contributed by atoms with van der Waals surface area (Å²) < 4.78 is 20.7. The van der Waals surface area contributed by atoms with E-state index >= 15 is 0 Å². The number of H-pyrrole nitrogens is 1. The van der Waals surface area contributed by atoms with Crippen LogP contribution in [0.5, 0.6) is 5.75 Å². The van der Waals surface area contributed by atoms with Gasteiger partial charge in [0.25, 0.3) is 11.8 Å². The second-order valence-electron chi connectivity index (χ2n) is 9.93. The number of rotatable bonds is 6. The van der Waals surface area contributed by atoms with Crippen molar-refractivity contribution in [2.75, 3.05) is 26.0 Å². The molecule has 0 unspecified atom stereocenters. The first-order chi connectivity index (χ1) is 20.8. The lowest BCUT2D eigenvalue weighted by molar-refractivity contribution is 0.0731. The number of ether oxygens (including phenoxy) is 1. The fourth-order valence-corrected chi connectivity index (χ4v) is 5.12. The van der Waals surface area contributed by atoms with Gasteiger partial charge in [-0.05, 0) is 72.7 Å². The highest BCUT2D eigenvalue weighted by Gasteiger charge is 2.24. The van der Waals surface area contributed by atoms with Crippen molar-refractivity contribution in [2.24, 2.45) is 0 Å². The second-order valence-corrected chi connectivity index (χ2v) is 10.8. The van der Waals surface area contributed by atoms with E-state index in [-0.39, 0.29) is 23.5 Å². The molecule has 4 aromatic rings. The zero-order valence-corrected chi connectivity index (χ0v) is 27.1. The Hall–Kier alpha value is -3.85. The van der Waals surface area contributed by atoms with Gasteiger partial charge in [0, 0.05) is 29.1 Å². The standard InChI is InChI=1S/C29H29FN4O3S.C3H8.C2H6/c1-4-11-31-28(35)27-32-22-8-5-19(15-23(22)33-27)18-6-9-24-20(14-18)16-34(12-13-37-24)29(36)21-7-10-25(38-3)26(30)17(21)2;1-3-2;1-2/h5-10,14-15H,4,11-13,16H2,1-3H3,(H,31,35)(H,32,33);3H2,1-2H3;1-2H3. The van der Waals surface area contributed by atoms with Crippen LogP contribution < -0.4 is 10.1 Å². The Balaban J connectivity index is 0.000000953. The van der Waals surface area contributed by atoms with E-state index in [9.17, 15) is 14.0 Å². The third kappa shape index (κ3) is 7.96. The summed E-state index contributed by atoms with van der Waals surface area (Å²) in [7, 11) is 0. The molecule has 1 aliphatic rings. The van der Waals surface area contributed by atoms with E-state index in [1.165, 1.54) is 18.2 Å². The van der Waals surface area contributed by atoms with E-state index in [0.717, 1.165) is 34.4 Å². The van der Waals surface area contributed by atoms with Crippen molar-refractivity contribution in [3.8, 4) is 16.9 Å². The molecule has 3 aromatic carbocycles. The maximum Gasteiger partial charge on any atom is 0.287 e. The number of hydrogen-bond acceptors (Lipinski definition) is 5. The molecule has 1 aromatic heterocycles. The first kappa shape index (κ1) is 33.6. The van der Waals surface area contributed by atoms with Crippen LogP contribution in [0.1, 0.15) is 79.6 Å². The number of carbonyl (C=O) groups is 2. The third-order valence-electron chi connectivity index (χ3n) is 6.69. The molecule has 43 heavy (non-hydrogen) atoms. The molecule has 2 amide bonds. The average molecular weight is 607 g/mol. The number of amides is 2. The van der Waals surface area contributed by atoms with E-state index in [2.05, 4.69) is 29.1 Å². The Morgan fingerprint density at radius 3 is 2.47 bits per heavy atom. The van der Waals surface area contributed by atoms with Crippen molar-refractivity contribution in [3.63, 3.8) is 0 Å². The van der Waals surface area contributed by atoms with Gasteiger partial charge in [0.1, 0.15) is 18.2 Å². The Labute approximate surface area is 258 Å². The molecule has 9 heteroatoms. The summed E-state index contributed by atoms with van der Waals surface area (Å²) in [6, 6.07) is 15.1. The van der Waals surface area contributed by atoms with Gasteiger partial charge in [0.05, 0.1) is 17.6 Å². The Bertz CT molecular complexity index is 1550. The maximum atomic E-state index is 14.7. The third-order valence-corrected chi connectivity index (χ3v) is 7.45. The summed E-state index contributed by atoms with van der Waals surface area (Å²) >= 11 is 1.32. The van der Waals surface area contributed by atoms with E-state index in [4.69, 9.17) is 4.74 Å². The lowest BCUT2D eigenvalue weighted by atomic mass is 10.0. The van der Waals surface area contributed by atoms with Crippen molar-refractivity contribution in [1.29, 1.82) is 0 Å². The Kier molecular flexibility index (Phi) is 12.6. The van der Waals surface area contributed by atoms with Gasteiger partial charge in [-0.3, -0.25) is 9.59 Å². The average Bonchev–Trinajstić information content (AvgIpc) is 3.34. The highest BCUT2D eigenvalue weighted by atomic mass is 32.2. The van der Waals surface area contributed by atoms with Crippen molar-refractivity contribution in [3.05, 3.63) is 76.9 Å². The van der Waals surface area contributed by atoms with Crippen molar-refractivity contribution in [2.45, 2.75) is 65.8 Å². The molecular formula is C34H43FN4O3S. The molecule has 7 nitrogen and oxygen atoms in total. The topological polar surface area (TPSA) is 87.3 Å². The SMILES string of the molecule is CC.CCC.CCCNC(=O)c1nc2ccc(-c3ccc4c(c3)CN(C(=O)c3ccc(SC)c(F)c3C)CCO4)cc2[nH]1. The zero-order chi connectivity index (χ0) is 31.5. The van der Waals surface area contributed by atoms with Gasteiger partial charge in [0.15, 0.2) is 5.82 Å². The molecule has 0 fully saturated rings. The van der Waals surface area contributed by atoms with Crippen LogP contribution in [0.4, 0.5) is 4.39 Å². The molecule has 0 bridgehead atoms. The number of imidazole rings is 1. The molecule has 0 atom stereocenters. The van der Waals surface area contributed by atoms with Crippen LogP contribution >= 0.6 is 11.8 Å². The number of hydrogen-bond donors (Lipinski definition) is 2. The number of fused-ring (bicyclic) bond motifs is 2. The van der Waals surface area contributed by atoms with Gasteiger partial charge in [-0.1, -0.05) is 53.2 Å². The minimum atomic E-state index is -0.350. The van der Waals surface area contributed by atoms with Crippen molar-refractivity contribution in [1.82, 2.24) is 20.2 Å². The number of aromatic nitrogens is 2. The van der Waals surface area contributed by atoms with Crippen LogP contribution in [-0.4, -0.2) is 52.6 Å². The highest BCUT2D eigenvalue weighted by molar-refractivity contribution is 7.98. The van der Waals surface area contributed by atoms with Gasteiger partial charge in [-0.15, -0.1) is 11.8 Å². The normalized spacial score (nSPS) is 12.1. The summed E-state index contributed by atoms with van der Waals surface area (Å²) in [5.74, 6) is 0.213. The van der Waals surface area contributed by atoms with Crippen LogP contribution in [0.3, 0.4) is 0 Å². The number of aromatic amines is 1. The summed E-state index contributed by atoms with van der Waals surface area (Å²) in [5.41, 5.74) is 4.95. The largest absolute Gasteiger partial charge is 0.491 e.